The number of benzene rings is 2. The lowest BCUT2D eigenvalue weighted by Gasteiger charge is -2.05. The number of aliphatic carboxylic acids is 1. The maximum Gasteiger partial charge on any atom is 0.307 e. The fraction of sp³-hybridized carbons (Fsp3) is 0.0588. The van der Waals surface area contributed by atoms with Crippen LogP contribution in [0.1, 0.15) is 5.56 Å². The zero-order valence-corrected chi connectivity index (χ0v) is 11.1. The number of para-hydroxylation sites is 1. The fourth-order valence-corrected chi connectivity index (χ4v) is 2.26. The van der Waals surface area contributed by atoms with E-state index >= 15 is 0 Å². The third-order valence-electron chi connectivity index (χ3n) is 3.20. The summed E-state index contributed by atoms with van der Waals surface area (Å²) in [7, 11) is 0. The summed E-state index contributed by atoms with van der Waals surface area (Å²) >= 11 is 0. The molecule has 0 spiro atoms. The van der Waals surface area contributed by atoms with Crippen molar-refractivity contribution >= 4 is 16.9 Å². The minimum absolute atomic E-state index is 0.0638. The minimum atomic E-state index is -0.896. The van der Waals surface area contributed by atoms with Crippen LogP contribution in [-0.2, 0) is 11.2 Å². The quantitative estimate of drug-likeness (QED) is 0.800. The first kappa shape index (κ1) is 13.1. The second-order valence-corrected chi connectivity index (χ2v) is 4.74. The molecule has 0 fully saturated rings. The van der Waals surface area contributed by atoms with E-state index in [0.29, 0.717) is 27.9 Å². The van der Waals surface area contributed by atoms with Gasteiger partial charge in [0.1, 0.15) is 11.3 Å². The molecule has 0 aliphatic carbocycles. The molecule has 21 heavy (non-hydrogen) atoms. The summed E-state index contributed by atoms with van der Waals surface area (Å²) in [5.74, 6) is -0.460. The summed E-state index contributed by atoms with van der Waals surface area (Å²) in [6.45, 7) is 0. The minimum Gasteiger partial charge on any atom is -0.481 e. The number of carbonyl (C=O) groups is 1. The number of hydrogen-bond acceptors (Lipinski definition) is 3. The molecule has 0 saturated carbocycles. The fourth-order valence-electron chi connectivity index (χ4n) is 2.26. The Morgan fingerprint density at radius 2 is 1.86 bits per heavy atom. The van der Waals surface area contributed by atoms with Gasteiger partial charge in [0.25, 0.3) is 0 Å². The molecule has 0 radical (unpaired) electrons. The van der Waals surface area contributed by atoms with Gasteiger partial charge in [-0.25, -0.2) is 0 Å². The molecule has 3 rings (SSSR count). The van der Waals surface area contributed by atoms with Gasteiger partial charge in [0.2, 0.25) is 0 Å². The van der Waals surface area contributed by atoms with Crippen molar-refractivity contribution in [2.45, 2.75) is 6.42 Å². The van der Waals surface area contributed by atoms with Gasteiger partial charge < -0.3 is 9.52 Å². The zero-order valence-electron chi connectivity index (χ0n) is 11.1. The highest BCUT2D eigenvalue weighted by Crippen LogP contribution is 2.23. The van der Waals surface area contributed by atoms with E-state index in [1.807, 2.05) is 0 Å². The third-order valence-corrected chi connectivity index (χ3v) is 3.20. The number of rotatable bonds is 3. The van der Waals surface area contributed by atoms with Crippen LogP contribution in [0.3, 0.4) is 0 Å². The Morgan fingerprint density at radius 1 is 1.05 bits per heavy atom. The maximum atomic E-state index is 12.1. The summed E-state index contributed by atoms with van der Waals surface area (Å²) in [5, 5.41) is 9.37. The van der Waals surface area contributed by atoms with Crippen molar-refractivity contribution in [1.29, 1.82) is 0 Å². The van der Waals surface area contributed by atoms with Gasteiger partial charge in [-0.05, 0) is 23.8 Å². The summed E-state index contributed by atoms with van der Waals surface area (Å²) in [6, 6.07) is 15.5. The number of carboxylic acid groups (broad SMARTS) is 1. The largest absolute Gasteiger partial charge is 0.481 e. The van der Waals surface area contributed by atoms with Crippen molar-refractivity contribution < 1.29 is 14.3 Å². The topological polar surface area (TPSA) is 67.5 Å². The van der Waals surface area contributed by atoms with Gasteiger partial charge in [0, 0.05) is 11.6 Å². The Hall–Kier alpha value is -2.88. The van der Waals surface area contributed by atoms with Crippen LogP contribution in [-0.4, -0.2) is 11.1 Å². The molecule has 4 heteroatoms. The van der Waals surface area contributed by atoms with Crippen molar-refractivity contribution in [1.82, 2.24) is 0 Å². The standard InChI is InChI=1S/C17H12O4/c18-14-10-16(21-15-7-2-1-6-13(14)15)12-5-3-4-11(8-12)9-17(19)20/h1-8,10H,9H2,(H,19,20). The monoisotopic (exact) mass is 280 g/mol. The highest BCUT2D eigenvalue weighted by atomic mass is 16.4. The van der Waals surface area contributed by atoms with Crippen LogP contribution >= 0.6 is 0 Å². The van der Waals surface area contributed by atoms with Gasteiger partial charge in [-0.2, -0.15) is 0 Å². The normalized spacial score (nSPS) is 10.7. The van der Waals surface area contributed by atoms with Crippen LogP contribution in [0.25, 0.3) is 22.3 Å². The second kappa shape index (κ2) is 5.25. The van der Waals surface area contributed by atoms with Crippen molar-refractivity contribution in [3.8, 4) is 11.3 Å². The molecule has 0 saturated heterocycles. The molecule has 104 valence electrons. The molecule has 0 aliphatic heterocycles. The van der Waals surface area contributed by atoms with Crippen LogP contribution in [0.5, 0.6) is 0 Å². The lowest BCUT2D eigenvalue weighted by atomic mass is 10.1. The Labute approximate surface area is 120 Å². The maximum absolute atomic E-state index is 12.1. The molecular formula is C17H12O4. The predicted molar refractivity (Wildman–Crippen MR) is 79.3 cm³/mol. The van der Waals surface area contributed by atoms with E-state index < -0.39 is 5.97 Å². The van der Waals surface area contributed by atoms with Crippen molar-refractivity contribution in [3.05, 3.63) is 70.4 Å². The summed E-state index contributed by atoms with van der Waals surface area (Å²) in [5.41, 5.74) is 1.76. The molecule has 2 aromatic carbocycles. The van der Waals surface area contributed by atoms with Crippen molar-refractivity contribution in [2.24, 2.45) is 0 Å². The Balaban J connectivity index is 2.12. The van der Waals surface area contributed by atoms with Gasteiger partial charge in [0.05, 0.1) is 11.8 Å². The van der Waals surface area contributed by atoms with Crippen molar-refractivity contribution in [3.63, 3.8) is 0 Å². The third kappa shape index (κ3) is 2.69. The van der Waals surface area contributed by atoms with Crippen LogP contribution < -0.4 is 5.43 Å². The van der Waals surface area contributed by atoms with Gasteiger partial charge in [-0.3, -0.25) is 9.59 Å². The predicted octanol–water partition coefficient (Wildman–Crippen LogP) is 3.09. The lowest BCUT2D eigenvalue weighted by Crippen LogP contribution is -2.01. The van der Waals surface area contributed by atoms with E-state index in [2.05, 4.69) is 0 Å². The van der Waals surface area contributed by atoms with Gasteiger partial charge in [-0.15, -0.1) is 0 Å². The summed E-state index contributed by atoms with van der Waals surface area (Å²) < 4.78 is 5.74. The van der Waals surface area contributed by atoms with Crippen LogP contribution in [0.2, 0.25) is 0 Å². The molecule has 0 atom stereocenters. The summed E-state index contributed by atoms with van der Waals surface area (Å²) in [6.07, 6.45) is -0.0638. The van der Waals surface area contributed by atoms with Gasteiger partial charge in [-0.1, -0.05) is 30.3 Å². The van der Waals surface area contributed by atoms with E-state index in [4.69, 9.17) is 9.52 Å². The molecule has 0 unspecified atom stereocenters. The van der Waals surface area contributed by atoms with E-state index in [0.717, 1.165) is 0 Å². The van der Waals surface area contributed by atoms with Gasteiger partial charge >= 0.3 is 5.97 Å². The molecule has 1 N–H and O–H groups in total. The molecule has 0 aliphatic rings. The summed E-state index contributed by atoms with van der Waals surface area (Å²) in [4.78, 5) is 22.9. The van der Waals surface area contributed by atoms with Crippen molar-refractivity contribution in [2.75, 3.05) is 0 Å². The van der Waals surface area contributed by atoms with E-state index in [9.17, 15) is 9.59 Å². The highest BCUT2D eigenvalue weighted by Gasteiger charge is 2.08. The average molecular weight is 280 g/mol. The van der Waals surface area contributed by atoms with Gasteiger partial charge in [0.15, 0.2) is 5.43 Å². The number of carboxylic acids is 1. The second-order valence-electron chi connectivity index (χ2n) is 4.74. The average Bonchev–Trinajstić information content (AvgIpc) is 2.47. The van der Waals surface area contributed by atoms with E-state index in [1.54, 1.807) is 48.5 Å². The lowest BCUT2D eigenvalue weighted by molar-refractivity contribution is -0.136. The first-order valence-electron chi connectivity index (χ1n) is 6.47. The molecule has 0 amide bonds. The Bertz CT molecular complexity index is 877. The Morgan fingerprint density at radius 3 is 2.67 bits per heavy atom. The number of fused-ring (bicyclic) bond motifs is 1. The zero-order chi connectivity index (χ0) is 14.8. The smallest absolute Gasteiger partial charge is 0.307 e. The van der Waals surface area contributed by atoms with Crippen LogP contribution in [0.15, 0.2) is 63.8 Å². The molecule has 0 bridgehead atoms. The first-order chi connectivity index (χ1) is 10.1. The van der Waals surface area contributed by atoms with Crippen LogP contribution in [0.4, 0.5) is 0 Å². The van der Waals surface area contributed by atoms with Crippen LogP contribution in [0, 0.1) is 0 Å². The van der Waals surface area contributed by atoms with E-state index in [-0.39, 0.29) is 11.8 Å². The molecule has 1 heterocycles. The van der Waals surface area contributed by atoms with E-state index in [1.165, 1.54) is 6.07 Å². The SMILES string of the molecule is O=C(O)Cc1cccc(-c2cc(=O)c3ccccc3o2)c1. The first-order valence-corrected chi connectivity index (χ1v) is 6.47. The Kier molecular flexibility index (Phi) is 3.28. The molecule has 3 aromatic rings. The molecule has 4 nitrogen and oxygen atoms in total. The molecule has 1 aromatic heterocycles. The highest BCUT2D eigenvalue weighted by molar-refractivity contribution is 5.78. The molecular weight excluding hydrogens is 268 g/mol. The number of hydrogen-bond donors (Lipinski definition) is 1.